The molecule has 182 valence electrons. The van der Waals surface area contributed by atoms with Gasteiger partial charge in [0.15, 0.2) is 0 Å². The number of nitrogens with zero attached hydrogens (tertiary/aromatic N) is 4. The molecule has 0 saturated carbocycles. The molecule has 0 spiro atoms. The highest BCUT2D eigenvalue weighted by Crippen LogP contribution is 2.36. The monoisotopic (exact) mass is 494 g/mol. The lowest BCUT2D eigenvalue weighted by molar-refractivity contribution is -0.384. The van der Waals surface area contributed by atoms with Gasteiger partial charge in [0.05, 0.1) is 9.82 Å². The van der Waals surface area contributed by atoms with E-state index in [0.717, 1.165) is 11.3 Å². The zero-order chi connectivity index (χ0) is 25.3. The summed E-state index contributed by atoms with van der Waals surface area (Å²) in [6.07, 6.45) is -0.861. The average Bonchev–Trinajstić information content (AvgIpc) is 3.30. The lowest BCUT2D eigenvalue weighted by atomic mass is 10.1. The molecule has 1 aliphatic rings. The number of benzene rings is 3. The van der Waals surface area contributed by atoms with Crippen LogP contribution in [0, 0.1) is 17.0 Å². The Kier molecular flexibility index (Phi) is 6.60. The van der Waals surface area contributed by atoms with E-state index in [1.54, 1.807) is 24.3 Å². The summed E-state index contributed by atoms with van der Waals surface area (Å²) >= 11 is 0. The molecule has 1 heterocycles. The van der Waals surface area contributed by atoms with E-state index in [1.807, 2.05) is 50.2 Å². The third-order valence-corrected chi connectivity index (χ3v) is 7.92. The Hall–Kier alpha value is -3.76. The van der Waals surface area contributed by atoms with E-state index >= 15 is 0 Å². The molecule has 35 heavy (non-hydrogen) atoms. The number of hydrogen-bond acceptors (Lipinski definition) is 6. The van der Waals surface area contributed by atoms with E-state index in [1.165, 1.54) is 33.5 Å². The van der Waals surface area contributed by atoms with Crippen LogP contribution >= 0.6 is 0 Å². The molecule has 1 saturated heterocycles. The molecule has 1 atom stereocenters. The molecule has 9 nitrogen and oxygen atoms in total. The van der Waals surface area contributed by atoms with Crippen LogP contribution in [0.2, 0.25) is 0 Å². The zero-order valence-corrected chi connectivity index (χ0v) is 20.5. The lowest BCUT2D eigenvalue weighted by Gasteiger charge is -2.30. The average molecular weight is 495 g/mol. The van der Waals surface area contributed by atoms with Gasteiger partial charge in [0.2, 0.25) is 10.0 Å². The second kappa shape index (κ2) is 9.47. The molecule has 3 aromatic carbocycles. The molecule has 0 bridgehead atoms. The Morgan fingerprint density at radius 3 is 2.09 bits per heavy atom. The first-order chi connectivity index (χ1) is 16.6. The van der Waals surface area contributed by atoms with E-state index in [2.05, 4.69) is 0 Å². The Labute approximate surface area is 204 Å². The van der Waals surface area contributed by atoms with Crippen LogP contribution in [0.4, 0.5) is 11.4 Å². The standard InChI is InChI=1S/C25H26N4O5S/c1-18-4-14-23(15-5-18)35(33,34)28-17-16-27(24(28)19-6-10-21(11-7-19)26(2)3)25(30)20-8-12-22(13-9-20)29(31)32/h4-15,24H,16-17H2,1-3H3/t24-/m0/s1. The Bertz CT molecular complexity index is 1340. The largest absolute Gasteiger partial charge is 0.378 e. The van der Waals surface area contributed by atoms with Gasteiger partial charge in [0, 0.05) is 50.6 Å². The number of nitro groups is 1. The van der Waals surface area contributed by atoms with Gasteiger partial charge in [-0.2, -0.15) is 4.31 Å². The van der Waals surface area contributed by atoms with Crippen LogP contribution in [-0.2, 0) is 10.0 Å². The van der Waals surface area contributed by atoms with Gasteiger partial charge in [-0.25, -0.2) is 8.42 Å². The van der Waals surface area contributed by atoms with Crippen LogP contribution in [0.5, 0.6) is 0 Å². The van der Waals surface area contributed by atoms with Crippen molar-refractivity contribution in [1.82, 2.24) is 9.21 Å². The van der Waals surface area contributed by atoms with Crippen LogP contribution < -0.4 is 4.90 Å². The van der Waals surface area contributed by atoms with Crippen LogP contribution in [0.3, 0.4) is 0 Å². The second-order valence-electron chi connectivity index (χ2n) is 8.59. The Morgan fingerprint density at radius 2 is 1.54 bits per heavy atom. The summed E-state index contributed by atoms with van der Waals surface area (Å²) in [6, 6.07) is 19.3. The molecular weight excluding hydrogens is 468 g/mol. The summed E-state index contributed by atoms with van der Waals surface area (Å²) in [6.45, 7) is 2.18. The fourth-order valence-electron chi connectivity index (χ4n) is 4.10. The summed E-state index contributed by atoms with van der Waals surface area (Å²) < 4.78 is 28.6. The molecule has 0 N–H and O–H groups in total. The normalized spacial score (nSPS) is 16.3. The van der Waals surface area contributed by atoms with Crippen LogP contribution in [0.1, 0.15) is 27.7 Å². The second-order valence-corrected chi connectivity index (χ2v) is 10.5. The SMILES string of the molecule is Cc1ccc(S(=O)(=O)N2CCN(C(=O)c3ccc([N+](=O)[O-])cc3)[C@@H]2c2ccc(N(C)C)cc2)cc1. The molecular formula is C25H26N4O5S. The number of carbonyl (C=O) groups is 1. The van der Waals surface area contributed by atoms with Crippen LogP contribution in [-0.4, -0.2) is 55.6 Å². The highest BCUT2D eigenvalue weighted by atomic mass is 32.2. The number of nitro benzene ring substituents is 1. The quantitative estimate of drug-likeness (QED) is 0.381. The van der Waals surface area contributed by atoms with Crippen molar-refractivity contribution in [1.29, 1.82) is 0 Å². The number of hydrogen-bond donors (Lipinski definition) is 0. The van der Waals surface area contributed by atoms with Crippen molar-refractivity contribution in [2.45, 2.75) is 18.0 Å². The Morgan fingerprint density at radius 1 is 0.943 bits per heavy atom. The number of sulfonamides is 1. The maximum atomic E-state index is 13.6. The van der Waals surface area contributed by atoms with Gasteiger partial charge in [0.1, 0.15) is 6.17 Å². The lowest BCUT2D eigenvalue weighted by Crippen LogP contribution is -2.38. The highest BCUT2D eigenvalue weighted by Gasteiger charge is 2.43. The molecule has 0 aromatic heterocycles. The summed E-state index contributed by atoms with van der Waals surface area (Å²) in [7, 11) is -0.0943. The molecule has 0 radical (unpaired) electrons. The predicted molar refractivity (Wildman–Crippen MR) is 133 cm³/mol. The minimum absolute atomic E-state index is 0.120. The van der Waals surface area contributed by atoms with Gasteiger partial charge in [-0.1, -0.05) is 29.8 Å². The first-order valence-corrected chi connectivity index (χ1v) is 12.4. The third kappa shape index (κ3) is 4.75. The number of amides is 1. The first kappa shape index (κ1) is 24.4. The maximum Gasteiger partial charge on any atom is 0.269 e. The van der Waals surface area contributed by atoms with Crippen molar-refractivity contribution in [3.8, 4) is 0 Å². The maximum absolute atomic E-state index is 13.6. The fraction of sp³-hybridized carbons (Fsp3) is 0.240. The summed E-state index contributed by atoms with van der Waals surface area (Å²) in [5.41, 5.74) is 2.66. The van der Waals surface area contributed by atoms with Crippen molar-refractivity contribution in [2.75, 3.05) is 32.1 Å². The van der Waals surface area contributed by atoms with E-state index in [-0.39, 0.29) is 29.2 Å². The summed E-state index contributed by atoms with van der Waals surface area (Å²) in [5, 5.41) is 11.0. The number of carbonyl (C=O) groups excluding carboxylic acids is 1. The van der Waals surface area contributed by atoms with E-state index in [0.29, 0.717) is 5.56 Å². The molecule has 1 fully saturated rings. The van der Waals surface area contributed by atoms with Crippen molar-refractivity contribution in [3.05, 3.63) is 99.6 Å². The van der Waals surface area contributed by atoms with E-state index in [9.17, 15) is 23.3 Å². The number of rotatable bonds is 6. The van der Waals surface area contributed by atoms with Gasteiger partial charge in [-0.3, -0.25) is 14.9 Å². The molecule has 0 unspecified atom stereocenters. The number of anilines is 1. The summed E-state index contributed by atoms with van der Waals surface area (Å²) in [5.74, 6) is -0.400. The van der Waals surface area contributed by atoms with E-state index in [4.69, 9.17) is 0 Å². The van der Waals surface area contributed by atoms with Gasteiger partial charge in [0.25, 0.3) is 11.6 Å². The smallest absolute Gasteiger partial charge is 0.269 e. The number of aryl methyl sites for hydroxylation is 1. The molecule has 0 aliphatic carbocycles. The topological polar surface area (TPSA) is 104 Å². The molecule has 10 heteroatoms. The molecule has 3 aromatic rings. The Balaban J connectivity index is 1.75. The van der Waals surface area contributed by atoms with Crippen molar-refractivity contribution < 1.29 is 18.1 Å². The molecule has 1 amide bonds. The van der Waals surface area contributed by atoms with Crippen molar-refractivity contribution >= 4 is 27.3 Å². The third-order valence-electron chi connectivity index (χ3n) is 6.05. The van der Waals surface area contributed by atoms with Crippen molar-refractivity contribution in [2.24, 2.45) is 0 Å². The predicted octanol–water partition coefficient (Wildman–Crippen LogP) is 3.81. The van der Waals surface area contributed by atoms with Crippen molar-refractivity contribution in [3.63, 3.8) is 0 Å². The highest BCUT2D eigenvalue weighted by molar-refractivity contribution is 7.89. The van der Waals surface area contributed by atoms with Gasteiger partial charge in [-0.05, 0) is 48.9 Å². The van der Waals surface area contributed by atoms with Crippen LogP contribution in [0.25, 0.3) is 0 Å². The minimum Gasteiger partial charge on any atom is -0.378 e. The van der Waals surface area contributed by atoms with E-state index < -0.39 is 27.0 Å². The van der Waals surface area contributed by atoms with Gasteiger partial charge in [-0.15, -0.1) is 0 Å². The zero-order valence-electron chi connectivity index (χ0n) is 19.7. The fourth-order valence-corrected chi connectivity index (χ4v) is 5.67. The minimum atomic E-state index is -3.91. The molecule has 1 aliphatic heterocycles. The van der Waals surface area contributed by atoms with Crippen LogP contribution in [0.15, 0.2) is 77.7 Å². The molecule has 4 rings (SSSR count). The first-order valence-electron chi connectivity index (χ1n) is 11.0. The van der Waals surface area contributed by atoms with Gasteiger partial charge < -0.3 is 9.80 Å². The van der Waals surface area contributed by atoms with Gasteiger partial charge >= 0.3 is 0 Å². The summed E-state index contributed by atoms with van der Waals surface area (Å²) in [4.78, 5) is 27.5. The number of non-ortho nitro benzene ring substituents is 1.